The van der Waals surface area contributed by atoms with Crippen molar-refractivity contribution >= 4 is 11.8 Å². The Hall–Kier alpha value is -3.06. The van der Waals surface area contributed by atoms with Crippen LogP contribution in [0, 0.1) is 0 Å². The van der Waals surface area contributed by atoms with Gasteiger partial charge < -0.3 is 25.4 Å². The summed E-state index contributed by atoms with van der Waals surface area (Å²) < 4.78 is 5.25. The number of nitrogens with zero attached hydrogens (tertiary/aromatic N) is 1. The van der Waals surface area contributed by atoms with Gasteiger partial charge in [0.15, 0.2) is 0 Å². The van der Waals surface area contributed by atoms with Crippen LogP contribution in [0.4, 0.5) is 0 Å². The molecule has 0 bridgehead atoms. The van der Waals surface area contributed by atoms with E-state index in [4.69, 9.17) is 4.74 Å². The number of nitrogens with one attached hydrogen (secondary N) is 2. The van der Waals surface area contributed by atoms with Crippen LogP contribution in [0.25, 0.3) is 0 Å². The zero-order chi connectivity index (χ0) is 20.4. The second-order valence-electron chi connectivity index (χ2n) is 7.60. The van der Waals surface area contributed by atoms with Crippen molar-refractivity contribution in [3.05, 3.63) is 59.7 Å². The lowest BCUT2D eigenvalue weighted by Gasteiger charge is -2.34. The van der Waals surface area contributed by atoms with E-state index in [1.165, 1.54) is 0 Å². The van der Waals surface area contributed by atoms with E-state index in [9.17, 15) is 14.7 Å². The van der Waals surface area contributed by atoms with Gasteiger partial charge in [-0.05, 0) is 41.8 Å². The van der Waals surface area contributed by atoms with Crippen LogP contribution in [0.2, 0.25) is 0 Å². The van der Waals surface area contributed by atoms with Gasteiger partial charge in [0.2, 0.25) is 11.8 Å². The summed E-state index contributed by atoms with van der Waals surface area (Å²) in [5.74, 6) is 0.837. The number of phenolic OH excluding ortho intramolecular Hbond substituents is 1. The summed E-state index contributed by atoms with van der Waals surface area (Å²) in [6.45, 7) is 1.17. The minimum Gasteiger partial charge on any atom is -0.508 e. The lowest BCUT2D eigenvalue weighted by molar-refractivity contribution is -0.147. The van der Waals surface area contributed by atoms with Crippen molar-refractivity contribution in [2.75, 3.05) is 13.7 Å². The number of aromatic hydroxyl groups is 1. The normalized spacial score (nSPS) is 23.6. The lowest BCUT2D eigenvalue weighted by Crippen LogP contribution is -2.61. The van der Waals surface area contributed by atoms with Crippen molar-refractivity contribution in [2.45, 2.75) is 37.5 Å². The van der Waals surface area contributed by atoms with Crippen molar-refractivity contribution < 1.29 is 19.4 Å². The monoisotopic (exact) mass is 395 g/mol. The second-order valence-corrected chi connectivity index (χ2v) is 7.60. The van der Waals surface area contributed by atoms with Crippen LogP contribution in [-0.4, -0.2) is 53.6 Å². The summed E-state index contributed by atoms with van der Waals surface area (Å²) in [7, 11) is 1.64. The summed E-state index contributed by atoms with van der Waals surface area (Å²) in [5, 5.41) is 15.7. The molecule has 0 spiro atoms. The van der Waals surface area contributed by atoms with E-state index in [1.807, 2.05) is 24.3 Å². The molecule has 7 heteroatoms. The van der Waals surface area contributed by atoms with Gasteiger partial charge in [-0.1, -0.05) is 24.3 Å². The minimum atomic E-state index is -0.569. The molecule has 2 saturated heterocycles. The van der Waals surface area contributed by atoms with Crippen LogP contribution < -0.4 is 15.4 Å². The predicted molar refractivity (Wildman–Crippen MR) is 107 cm³/mol. The summed E-state index contributed by atoms with van der Waals surface area (Å²) in [6.07, 6.45) is 1.02. The molecule has 2 fully saturated rings. The SMILES string of the molecule is COc1cccc(CN[C@H]2C[C@H]3C(=O)N[C@@H](Cc4ccc(O)cc4)C(=O)N3C2)c1. The van der Waals surface area contributed by atoms with Crippen molar-refractivity contribution in [3.63, 3.8) is 0 Å². The van der Waals surface area contributed by atoms with Gasteiger partial charge in [0.05, 0.1) is 7.11 Å². The van der Waals surface area contributed by atoms with E-state index >= 15 is 0 Å². The number of carbonyl (C=O) groups excluding carboxylic acids is 2. The van der Waals surface area contributed by atoms with E-state index in [0.717, 1.165) is 16.9 Å². The predicted octanol–water partition coefficient (Wildman–Crippen LogP) is 1.20. The van der Waals surface area contributed by atoms with E-state index in [-0.39, 0.29) is 23.6 Å². The van der Waals surface area contributed by atoms with Crippen LogP contribution in [0.5, 0.6) is 11.5 Å². The van der Waals surface area contributed by atoms with E-state index in [1.54, 1.807) is 36.3 Å². The van der Waals surface area contributed by atoms with Crippen LogP contribution in [0.3, 0.4) is 0 Å². The van der Waals surface area contributed by atoms with Crippen molar-refractivity contribution in [2.24, 2.45) is 0 Å². The fourth-order valence-electron chi connectivity index (χ4n) is 4.06. The molecule has 4 rings (SSSR count). The van der Waals surface area contributed by atoms with E-state index in [0.29, 0.717) is 25.9 Å². The minimum absolute atomic E-state index is 0.0478. The smallest absolute Gasteiger partial charge is 0.246 e. The Morgan fingerprint density at radius 2 is 1.97 bits per heavy atom. The molecule has 2 amide bonds. The first-order valence-corrected chi connectivity index (χ1v) is 9.78. The van der Waals surface area contributed by atoms with Gasteiger partial charge >= 0.3 is 0 Å². The summed E-state index contributed by atoms with van der Waals surface area (Å²) >= 11 is 0. The molecule has 0 aliphatic carbocycles. The van der Waals surface area contributed by atoms with E-state index in [2.05, 4.69) is 10.6 Å². The molecule has 3 N–H and O–H groups in total. The largest absolute Gasteiger partial charge is 0.508 e. The average molecular weight is 395 g/mol. The number of benzene rings is 2. The lowest BCUT2D eigenvalue weighted by atomic mass is 10.0. The fourth-order valence-corrected chi connectivity index (χ4v) is 4.06. The Kier molecular flexibility index (Phi) is 5.40. The molecule has 7 nitrogen and oxygen atoms in total. The highest BCUT2D eigenvalue weighted by Crippen LogP contribution is 2.25. The maximum atomic E-state index is 12.9. The van der Waals surface area contributed by atoms with Gasteiger partial charge in [-0.3, -0.25) is 9.59 Å². The fraction of sp³-hybridized carbons (Fsp3) is 0.364. The molecule has 3 atom stereocenters. The number of amides is 2. The van der Waals surface area contributed by atoms with Crippen molar-refractivity contribution in [1.29, 1.82) is 0 Å². The third-order valence-electron chi connectivity index (χ3n) is 5.61. The number of rotatable bonds is 6. The molecule has 152 valence electrons. The maximum Gasteiger partial charge on any atom is 0.246 e. The highest BCUT2D eigenvalue weighted by molar-refractivity contribution is 5.97. The number of methoxy groups -OCH3 is 1. The van der Waals surface area contributed by atoms with Crippen molar-refractivity contribution in [1.82, 2.24) is 15.5 Å². The first-order chi connectivity index (χ1) is 14.0. The molecule has 2 aromatic carbocycles. The van der Waals surface area contributed by atoms with E-state index < -0.39 is 12.1 Å². The Morgan fingerprint density at radius 3 is 2.72 bits per heavy atom. The van der Waals surface area contributed by atoms with Gasteiger partial charge in [-0.25, -0.2) is 0 Å². The van der Waals surface area contributed by atoms with Crippen LogP contribution in [0.15, 0.2) is 48.5 Å². The number of fused-ring (bicyclic) bond motifs is 1. The van der Waals surface area contributed by atoms with Gasteiger partial charge in [-0.2, -0.15) is 0 Å². The molecule has 29 heavy (non-hydrogen) atoms. The molecule has 0 saturated carbocycles. The highest BCUT2D eigenvalue weighted by atomic mass is 16.5. The van der Waals surface area contributed by atoms with Crippen LogP contribution in [-0.2, 0) is 22.6 Å². The first kappa shape index (κ1) is 19.3. The third-order valence-corrected chi connectivity index (χ3v) is 5.61. The molecule has 2 aliphatic heterocycles. The molecule has 0 unspecified atom stereocenters. The molecule has 2 aromatic rings. The van der Waals surface area contributed by atoms with Gasteiger partial charge in [0.1, 0.15) is 23.6 Å². The number of hydrogen-bond donors (Lipinski definition) is 3. The molecule has 0 radical (unpaired) electrons. The van der Waals surface area contributed by atoms with Gasteiger partial charge in [0, 0.05) is 25.6 Å². The maximum absolute atomic E-state index is 12.9. The average Bonchev–Trinajstić information content (AvgIpc) is 3.17. The quantitative estimate of drug-likeness (QED) is 0.684. The summed E-state index contributed by atoms with van der Waals surface area (Å²) in [5.41, 5.74) is 1.99. The molecule has 2 heterocycles. The summed E-state index contributed by atoms with van der Waals surface area (Å²) in [4.78, 5) is 27.2. The van der Waals surface area contributed by atoms with Crippen molar-refractivity contribution in [3.8, 4) is 11.5 Å². The standard InChI is InChI=1S/C22H25N3O4/c1-29-18-4-2-3-15(9-18)12-23-16-11-20-21(27)24-19(22(28)25(20)13-16)10-14-5-7-17(26)8-6-14/h2-9,16,19-20,23,26H,10-13H2,1H3,(H,24,27)/t16-,19-,20-/m0/s1. The Labute approximate surface area is 169 Å². The third kappa shape index (κ3) is 4.19. The molecule has 2 aliphatic rings. The molecular formula is C22H25N3O4. The zero-order valence-electron chi connectivity index (χ0n) is 16.3. The second kappa shape index (κ2) is 8.13. The molecular weight excluding hydrogens is 370 g/mol. The number of piperazine rings is 1. The zero-order valence-corrected chi connectivity index (χ0v) is 16.3. The number of phenols is 1. The highest BCUT2D eigenvalue weighted by Gasteiger charge is 2.46. The number of hydrogen-bond acceptors (Lipinski definition) is 5. The first-order valence-electron chi connectivity index (χ1n) is 9.78. The Balaban J connectivity index is 1.38. The number of carbonyl (C=O) groups is 2. The number of ether oxygens (including phenoxy) is 1. The summed E-state index contributed by atoms with van der Waals surface area (Å²) in [6, 6.07) is 13.6. The Bertz CT molecular complexity index is 899. The molecule has 0 aromatic heterocycles. The topological polar surface area (TPSA) is 90.9 Å². The van der Waals surface area contributed by atoms with Crippen LogP contribution >= 0.6 is 0 Å². The van der Waals surface area contributed by atoms with Gasteiger partial charge in [-0.15, -0.1) is 0 Å². The van der Waals surface area contributed by atoms with Gasteiger partial charge in [0.25, 0.3) is 0 Å². The Morgan fingerprint density at radius 1 is 1.17 bits per heavy atom. The van der Waals surface area contributed by atoms with Crippen LogP contribution in [0.1, 0.15) is 17.5 Å².